The van der Waals surface area contributed by atoms with Crippen LogP contribution in [0.1, 0.15) is 32.3 Å². The van der Waals surface area contributed by atoms with E-state index in [1.807, 2.05) is 60.0 Å². The molecule has 3 aromatic rings. The molecule has 0 unspecified atom stereocenters. The first-order valence-electron chi connectivity index (χ1n) is 10.3. The van der Waals surface area contributed by atoms with E-state index in [-0.39, 0.29) is 11.7 Å². The van der Waals surface area contributed by atoms with E-state index in [1.54, 1.807) is 6.08 Å². The molecular formula is C24H28N4O2S. The van der Waals surface area contributed by atoms with Crippen LogP contribution in [0.5, 0.6) is 5.75 Å². The second-order valence-electron chi connectivity index (χ2n) is 7.28. The van der Waals surface area contributed by atoms with Gasteiger partial charge in [-0.3, -0.25) is 9.36 Å². The van der Waals surface area contributed by atoms with Crippen LogP contribution in [0.3, 0.4) is 0 Å². The van der Waals surface area contributed by atoms with Crippen molar-refractivity contribution in [3.05, 3.63) is 66.7 Å². The highest BCUT2D eigenvalue weighted by Crippen LogP contribution is 2.26. The van der Waals surface area contributed by atoms with Crippen molar-refractivity contribution < 1.29 is 9.53 Å². The van der Waals surface area contributed by atoms with Gasteiger partial charge in [-0.1, -0.05) is 43.8 Å². The lowest BCUT2D eigenvalue weighted by Gasteiger charge is -2.10. The van der Waals surface area contributed by atoms with Crippen molar-refractivity contribution in [3.8, 4) is 17.1 Å². The number of hydrogen-bond donors (Lipinski definition) is 1. The monoisotopic (exact) mass is 436 g/mol. The van der Waals surface area contributed by atoms with Crippen molar-refractivity contribution in [1.29, 1.82) is 0 Å². The first-order valence-corrected chi connectivity index (χ1v) is 11.3. The zero-order valence-corrected chi connectivity index (χ0v) is 19.0. The van der Waals surface area contributed by atoms with E-state index < -0.39 is 0 Å². The second-order valence-corrected chi connectivity index (χ2v) is 8.22. The third-order valence-electron chi connectivity index (χ3n) is 4.65. The van der Waals surface area contributed by atoms with E-state index >= 15 is 0 Å². The molecule has 6 nitrogen and oxygen atoms in total. The largest absolute Gasteiger partial charge is 0.494 e. The number of anilines is 1. The van der Waals surface area contributed by atoms with Gasteiger partial charge in [0.15, 0.2) is 11.0 Å². The highest BCUT2D eigenvalue weighted by molar-refractivity contribution is 7.99. The van der Waals surface area contributed by atoms with Crippen LogP contribution in [-0.4, -0.2) is 33.0 Å². The van der Waals surface area contributed by atoms with E-state index in [0.717, 1.165) is 22.8 Å². The van der Waals surface area contributed by atoms with E-state index in [0.29, 0.717) is 24.2 Å². The minimum atomic E-state index is -0.0851. The van der Waals surface area contributed by atoms with Crippen molar-refractivity contribution in [1.82, 2.24) is 14.8 Å². The molecule has 2 aromatic carbocycles. The lowest BCUT2D eigenvalue weighted by atomic mass is 10.0. The van der Waals surface area contributed by atoms with Crippen molar-refractivity contribution in [2.24, 2.45) is 0 Å². The molecule has 0 radical (unpaired) electrons. The molecule has 1 amide bonds. The number of carbonyl (C=O) groups is 1. The van der Waals surface area contributed by atoms with Gasteiger partial charge >= 0.3 is 0 Å². The second kappa shape index (κ2) is 10.8. The Morgan fingerprint density at radius 1 is 1.16 bits per heavy atom. The molecule has 0 saturated carbocycles. The molecule has 1 heterocycles. The number of thioether (sulfide) groups is 1. The molecule has 1 N–H and O–H groups in total. The topological polar surface area (TPSA) is 69.0 Å². The van der Waals surface area contributed by atoms with Crippen LogP contribution in [0.15, 0.2) is 66.3 Å². The number of amides is 1. The van der Waals surface area contributed by atoms with Crippen molar-refractivity contribution in [2.45, 2.75) is 38.4 Å². The van der Waals surface area contributed by atoms with Crippen molar-refractivity contribution >= 4 is 23.4 Å². The molecule has 0 saturated heterocycles. The number of benzene rings is 2. The Kier molecular flexibility index (Phi) is 7.89. The smallest absolute Gasteiger partial charge is 0.234 e. The third kappa shape index (κ3) is 5.98. The van der Waals surface area contributed by atoms with Gasteiger partial charge in [0, 0.05) is 17.8 Å². The van der Waals surface area contributed by atoms with E-state index in [4.69, 9.17) is 4.74 Å². The zero-order valence-electron chi connectivity index (χ0n) is 18.2. The zero-order chi connectivity index (χ0) is 22.2. The first kappa shape index (κ1) is 22.6. The Morgan fingerprint density at radius 3 is 2.48 bits per heavy atom. The van der Waals surface area contributed by atoms with Gasteiger partial charge in [0.05, 0.1) is 12.4 Å². The van der Waals surface area contributed by atoms with Gasteiger partial charge in [-0.05, 0) is 54.8 Å². The summed E-state index contributed by atoms with van der Waals surface area (Å²) in [7, 11) is 0. The van der Waals surface area contributed by atoms with Crippen LogP contribution >= 0.6 is 11.8 Å². The molecule has 0 aliphatic carbocycles. The molecular weight excluding hydrogens is 408 g/mol. The van der Waals surface area contributed by atoms with Gasteiger partial charge in [-0.2, -0.15) is 0 Å². The maximum Gasteiger partial charge on any atom is 0.234 e. The van der Waals surface area contributed by atoms with Crippen LogP contribution in [0.25, 0.3) is 11.4 Å². The summed E-state index contributed by atoms with van der Waals surface area (Å²) in [5.41, 5.74) is 2.96. The fraction of sp³-hybridized carbons (Fsp3) is 0.292. The van der Waals surface area contributed by atoms with E-state index in [2.05, 4.69) is 35.9 Å². The summed E-state index contributed by atoms with van der Waals surface area (Å²) >= 11 is 1.35. The number of carbonyl (C=O) groups excluding carboxylic acids is 1. The molecule has 0 fully saturated rings. The average molecular weight is 437 g/mol. The molecule has 0 atom stereocenters. The summed E-state index contributed by atoms with van der Waals surface area (Å²) in [5, 5.41) is 12.2. The summed E-state index contributed by atoms with van der Waals surface area (Å²) in [6, 6.07) is 15.7. The summed E-state index contributed by atoms with van der Waals surface area (Å²) in [6.07, 6.45) is 1.79. The summed E-state index contributed by atoms with van der Waals surface area (Å²) < 4.78 is 7.46. The maximum atomic E-state index is 12.4. The standard InChI is InChI=1S/C24H28N4O2S/c1-5-15-28-23(19-9-13-21(14-10-19)30-6-2)26-27-24(28)31-16-22(29)25-20-11-7-18(8-12-20)17(3)4/h5,7-14,17H,1,6,15-16H2,2-4H3,(H,25,29). The number of rotatable bonds is 10. The van der Waals surface area contributed by atoms with Crippen molar-refractivity contribution in [3.63, 3.8) is 0 Å². The Hall–Kier alpha value is -3.06. The van der Waals surface area contributed by atoms with Crippen LogP contribution < -0.4 is 10.1 Å². The fourth-order valence-electron chi connectivity index (χ4n) is 3.05. The minimum absolute atomic E-state index is 0.0851. The Balaban J connectivity index is 1.67. The van der Waals surface area contributed by atoms with Crippen LogP contribution in [0.4, 0.5) is 5.69 Å². The summed E-state index contributed by atoms with van der Waals surface area (Å²) in [4.78, 5) is 12.4. The van der Waals surface area contributed by atoms with Crippen LogP contribution in [-0.2, 0) is 11.3 Å². The number of nitrogens with zero attached hydrogens (tertiary/aromatic N) is 3. The lowest BCUT2D eigenvalue weighted by Crippen LogP contribution is -2.14. The number of aromatic nitrogens is 3. The van der Waals surface area contributed by atoms with Gasteiger partial charge in [0.2, 0.25) is 5.91 Å². The highest BCUT2D eigenvalue weighted by Gasteiger charge is 2.15. The molecule has 0 aliphatic rings. The third-order valence-corrected chi connectivity index (χ3v) is 5.61. The quantitative estimate of drug-likeness (QED) is 0.341. The molecule has 162 valence electrons. The first-order chi connectivity index (χ1) is 15.0. The van der Waals surface area contributed by atoms with Gasteiger partial charge in [-0.25, -0.2) is 0 Å². The van der Waals surface area contributed by atoms with Gasteiger partial charge in [0.25, 0.3) is 0 Å². The molecule has 31 heavy (non-hydrogen) atoms. The van der Waals surface area contributed by atoms with Crippen molar-refractivity contribution in [2.75, 3.05) is 17.7 Å². The number of nitrogens with one attached hydrogen (secondary N) is 1. The molecule has 0 bridgehead atoms. The molecule has 1 aromatic heterocycles. The Morgan fingerprint density at radius 2 is 1.87 bits per heavy atom. The molecule has 7 heteroatoms. The minimum Gasteiger partial charge on any atom is -0.494 e. The summed E-state index contributed by atoms with van der Waals surface area (Å²) in [5.74, 6) is 2.16. The average Bonchev–Trinajstić information content (AvgIpc) is 3.16. The fourth-order valence-corrected chi connectivity index (χ4v) is 3.80. The predicted octanol–water partition coefficient (Wildman–Crippen LogP) is 5.38. The summed E-state index contributed by atoms with van der Waals surface area (Å²) in [6.45, 7) is 11.3. The van der Waals surface area contributed by atoms with E-state index in [1.165, 1.54) is 17.3 Å². The van der Waals surface area contributed by atoms with Crippen LogP contribution in [0.2, 0.25) is 0 Å². The molecule has 0 spiro atoms. The Bertz CT molecular complexity index is 1010. The molecule has 3 rings (SSSR count). The maximum absolute atomic E-state index is 12.4. The van der Waals surface area contributed by atoms with Crippen LogP contribution in [0, 0.1) is 0 Å². The van der Waals surface area contributed by atoms with Gasteiger partial charge in [-0.15, -0.1) is 16.8 Å². The Labute approximate surface area is 187 Å². The lowest BCUT2D eigenvalue weighted by molar-refractivity contribution is -0.113. The molecule has 0 aliphatic heterocycles. The number of ether oxygens (including phenoxy) is 1. The number of allylic oxidation sites excluding steroid dienone is 1. The van der Waals surface area contributed by atoms with Gasteiger partial charge < -0.3 is 10.1 Å². The number of hydrogen-bond acceptors (Lipinski definition) is 5. The van der Waals surface area contributed by atoms with Gasteiger partial charge in [0.1, 0.15) is 5.75 Å². The highest BCUT2D eigenvalue weighted by atomic mass is 32.2. The SMILES string of the molecule is C=CCn1c(SCC(=O)Nc2ccc(C(C)C)cc2)nnc1-c1ccc(OCC)cc1. The normalized spacial score (nSPS) is 10.8. The van der Waals surface area contributed by atoms with E-state index in [9.17, 15) is 4.79 Å². The predicted molar refractivity (Wildman–Crippen MR) is 127 cm³/mol.